The first-order valence-corrected chi connectivity index (χ1v) is 7.33. The van der Waals surface area contributed by atoms with Gasteiger partial charge in [0.1, 0.15) is 0 Å². The van der Waals surface area contributed by atoms with Gasteiger partial charge in [-0.3, -0.25) is 4.90 Å². The van der Waals surface area contributed by atoms with Gasteiger partial charge in [-0.1, -0.05) is 0 Å². The van der Waals surface area contributed by atoms with Gasteiger partial charge in [0.05, 0.1) is 38.5 Å². The Morgan fingerprint density at radius 3 is 3.05 bits per heavy atom. The lowest BCUT2D eigenvalue weighted by Crippen LogP contribution is -2.32. The molecule has 0 aromatic carbocycles. The zero-order valence-corrected chi connectivity index (χ0v) is 12.3. The van der Waals surface area contributed by atoms with E-state index in [0.717, 1.165) is 39.5 Å². The van der Waals surface area contributed by atoms with Gasteiger partial charge in [-0.25, -0.2) is 0 Å². The lowest BCUT2D eigenvalue weighted by molar-refractivity contribution is 0.0132. The summed E-state index contributed by atoms with van der Waals surface area (Å²) in [5.74, 6) is 0.518. The summed E-state index contributed by atoms with van der Waals surface area (Å²) in [4.78, 5) is 4.63. The van der Waals surface area contributed by atoms with Crippen LogP contribution in [-0.2, 0) is 16.0 Å². The van der Waals surface area contributed by atoms with Crippen LogP contribution < -0.4 is 0 Å². The zero-order chi connectivity index (χ0) is 13.9. The molecule has 0 amide bonds. The van der Waals surface area contributed by atoms with E-state index >= 15 is 0 Å². The number of hydrogen-bond acceptors (Lipinski definition) is 5. The number of furan rings is 1. The number of fused-ring (bicyclic) bond motifs is 1. The number of nitrogens with zero attached hydrogens (tertiary/aromatic N) is 2. The normalized spacial score (nSPS) is 30.2. The molecule has 3 atom stereocenters. The molecule has 1 aromatic heterocycles. The van der Waals surface area contributed by atoms with Crippen molar-refractivity contribution in [3.8, 4) is 0 Å². The second-order valence-corrected chi connectivity index (χ2v) is 6.04. The van der Waals surface area contributed by atoms with E-state index in [1.807, 2.05) is 12.3 Å². The summed E-state index contributed by atoms with van der Waals surface area (Å²) in [7, 11) is 4.15. The summed E-state index contributed by atoms with van der Waals surface area (Å²) in [6.45, 7) is 5.35. The first-order valence-electron chi connectivity index (χ1n) is 7.33. The van der Waals surface area contributed by atoms with Crippen LogP contribution in [0.4, 0.5) is 0 Å². The number of rotatable bonds is 6. The molecule has 2 aliphatic heterocycles. The van der Waals surface area contributed by atoms with Crippen molar-refractivity contribution >= 4 is 0 Å². The Hall–Kier alpha value is -0.880. The Kier molecular flexibility index (Phi) is 4.41. The molecule has 0 saturated carbocycles. The summed E-state index contributed by atoms with van der Waals surface area (Å²) in [6, 6.07) is 2.53. The second-order valence-electron chi connectivity index (χ2n) is 6.04. The fourth-order valence-corrected chi connectivity index (χ4v) is 3.15. The Morgan fingerprint density at radius 1 is 1.40 bits per heavy atom. The summed E-state index contributed by atoms with van der Waals surface area (Å²) in [5, 5.41) is 0. The third kappa shape index (κ3) is 3.06. The van der Waals surface area contributed by atoms with Crippen LogP contribution in [0.3, 0.4) is 0 Å². The van der Waals surface area contributed by atoms with Gasteiger partial charge in [0, 0.05) is 37.2 Å². The Bertz CT molecular complexity index is 407. The molecule has 0 N–H and O–H groups in total. The van der Waals surface area contributed by atoms with E-state index in [4.69, 9.17) is 13.9 Å². The largest absolute Gasteiger partial charge is 0.472 e. The molecule has 112 valence electrons. The Balaban J connectivity index is 1.57. The van der Waals surface area contributed by atoms with Crippen molar-refractivity contribution in [2.75, 3.05) is 47.0 Å². The summed E-state index contributed by atoms with van der Waals surface area (Å²) in [6.07, 6.45) is 3.86. The van der Waals surface area contributed by atoms with E-state index < -0.39 is 0 Å². The Morgan fingerprint density at radius 2 is 2.30 bits per heavy atom. The smallest absolute Gasteiger partial charge is 0.0947 e. The molecule has 0 unspecified atom stereocenters. The molecular formula is C15H24N2O3. The molecule has 1 aromatic rings. The van der Waals surface area contributed by atoms with Crippen LogP contribution in [0, 0.1) is 5.92 Å². The van der Waals surface area contributed by atoms with Crippen molar-refractivity contribution < 1.29 is 13.9 Å². The van der Waals surface area contributed by atoms with Crippen LogP contribution in [0.5, 0.6) is 0 Å². The second kappa shape index (κ2) is 6.26. The highest BCUT2D eigenvalue weighted by Gasteiger charge is 2.45. The van der Waals surface area contributed by atoms with Gasteiger partial charge < -0.3 is 18.8 Å². The summed E-state index contributed by atoms with van der Waals surface area (Å²) < 4.78 is 16.9. The van der Waals surface area contributed by atoms with Crippen molar-refractivity contribution in [3.05, 3.63) is 24.2 Å². The van der Waals surface area contributed by atoms with E-state index in [2.05, 4.69) is 23.9 Å². The first kappa shape index (κ1) is 14.1. The molecule has 3 rings (SSSR count). The number of hydrogen-bond donors (Lipinski definition) is 0. The van der Waals surface area contributed by atoms with E-state index in [-0.39, 0.29) is 0 Å². The van der Waals surface area contributed by atoms with Gasteiger partial charge in [-0.15, -0.1) is 0 Å². The minimum atomic E-state index is 0.300. The number of ether oxygens (including phenoxy) is 2. The molecular weight excluding hydrogens is 256 g/mol. The standard InChI is InChI=1S/C15H24N2O3/c1-16(2)4-6-20-15-8-17(7-12-3-5-18-9-12)14-11-19-10-13(14)15/h3,5,9,13-15H,4,6-8,10-11H2,1-2H3/t13-,14+,15-/m0/s1. The molecule has 0 aliphatic carbocycles. The lowest BCUT2D eigenvalue weighted by atomic mass is 10.0. The summed E-state index contributed by atoms with van der Waals surface area (Å²) in [5.41, 5.74) is 1.23. The predicted molar refractivity (Wildman–Crippen MR) is 75.5 cm³/mol. The Labute approximate surface area is 120 Å². The molecule has 2 fully saturated rings. The van der Waals surface area contributed by atoms with E-state index in [0.29, 0.717) is 18.1 Å². The minimum Gasteiger partial charge on any atom is -0.472 e. The predicted octanol–water partition coefficient (Wildman–Crippen LogP) is 1.06. The molecule has 3 heterocycles. The van der Waals surface area contributed by atoms with Crippen molar-refractivity contribution in [2.24, 2.45) is 5.92 Å². The van der Waals surface area contributed by atoms with Crippen molar-refractivity contribution in [2.45, 2.75) is 18.7 Å². The zero-order valence-electron chi connectivity index (χ0n) is 12.3. The van der Waals surface area contributed by atoms with Gasteiger partial charge >= 0.3 is 0 Å². The van der Waals surface area contributed by atoms with Crippen LogP contribution in [0.15, 0.2) is 23.0 Å². The van der Waals surface area contributed by atoms with Crippen molar-refractivity contribution in [3.63, 3.8) is 0 Å². The highest BCUT2D eigenvalue weighted by molar-refractivity contribution is 5.08. The first-order chi connectivity index (χ1) is 9.74. The summed E-state index contributed by atoms with van der Waals surface area (Å²) >= 11 is 0. The van der Waals surface area contributed by atoms with Gasteiger partial charge in [0.25, 0.3) is 0 Å². The third-order valence-corrected chi connectivity index (χ3v) is 4.29. The lowest BCUT2D eigenvalue weighted by Gasteiger charge is -2.21. The molecule has 0 bridgehead atoms. The van der Waals surface area contributed by atoms with Gasteiger partial charge in [0.2, 0.25) is 0 Å². The van der Waals surface area contributed by atoms with Gasteiger partial charge in [-0.05, 0) is 20.2 Å². The van der Waals surface area contributed by atoms with Crippen molar-refractivity contribution in [1.29, 1.82) is 0 Å². The van der Waals surface area contributed by atoms with Crippen LogP contribution in [0.25, 0.3) is 0 Å². The molecule has 20 heavy (non-hydrogen) atoms. The molecule has 5 heteroatoms. The van der Waals surface area contributed by atoms with E-state index in [1.165, 1.54) is 5.56 Å². The molecule has 0 spiro atoms. The topological polar surface area (TPSA) is 38.1 Å². The maximum Gasteiger partial charge on any atom is 0.0947 e. The third-order valence-electron chi connectivity index (χ3n) is 4.29. The molecule has 5 nitrogen and oxygen atoms in total. The average molecular weight is 280 g/mol. The van der Waals surface area contributed by atoms with Crippen molar-refractivity contribution in [1.82, 2.24) is 9.80 Å². The van der Waals surface area contributed by atoms with E-state index in [1.54, 1.807) is 6.26 Å². The maximum absolute atomic E-state index is 6.09. The van der Waals surface area contributed by atoms with Crippen LogP contribution >= 0.6 is 0 Å². The number of likely N-dealkylation sites (N-methyl/N-ethyl adjacent to an activating group) is 1. The minimum absolute atomic E-state index is 0.300. The molecule has 2 saturated heterocycles. The van der Waals surface area contributed by atoms with Gasteiger partial charge in [-0.2, -0.15) is 0 Å². The fourth-order valence-electron chi connectivity index (χ4n) is 3.15. The van der Waals surface area contributed by atoms with Crippen LogP contribution in [0.2, 0.25) is 0 Å². The van der Waals surface area contributed by atoms with Crippen LogP contribution in [-0.4, -0.2) is 69.0 Å². The average Bonchev–Trinajstić information content (AvgIpc) is 3.10. The molecule has 2 aliphatic rings. The maximum atomic E-state index is 6.09. The van der Waals surface area contributed by atoms with E-state index in [9.17, 15) is 0 Å². The number of likely N-dealkylation sites (tertiary alicyclic amines) is 1. The highest BCUT2D eigenvalue weighted by Crippen LogP contribution is 2.33. The SMILES string of the molecule is CN(C)CCO[C@H]1CN(Cc2ccoc2)[C@@H]2COC[C@H]12. The van der Waals surface area contributed by atoms with Crippen LogP contribution in [0.1, 0.15) is 5.56 Å². The fraction of sp³-hybridized carbons (Fsp3) is 0.733. The monoisotopic (exact) mass is 280 g/mol. The van der Waals surface area contributed by atoms with Gasteiger partial charge in [0.15, 0.2) is 0 Å². The molecule has 0 radical (unpaired) electrons. The quantitative estimate of drug-likeness (QED) is 0.779. The highest BCUT2D eigenvalue weighted by atomic mass is 16.5.